The van der Waals surface area contributed by atoms with Crippen molar-refractivity contribution >= 4 is 28.3 Å². The number of imidazole rings is 1. The second-order valence-electron chi connectivity index (χ2n) is 5.12. The molecule has 0 aliphatic heterocycles. The zero-order chi connectivity index (χ0) is 14.7. The van der Waals surface area contributed by atoms with Crippen molar-refractivity contribution in [2.45, 2.75) is 26.4 Å². The van der Waals surface area contributed by atoms with Crippen LogP contribution in [0.15, 0.2) is 48.8 Å². The number of aryl methyl sites for hydroxylation is 1. The van der Waals surface area contributed by atoms with E-state index in [4.69, 9.17) is 11.6 Å². The summed E-state index contributed by atoms with van der Waals surface area (Å²) < 4.78 is 2.19. The first-order chi connectivity index (χ1) is 10.3. The minimum Gasteiger partial charge on any atom is -0.381 e. The number of halogens is 1. The van der Waals surface area contributed by atoms with Crippen molar-refractivity contribution < 1.29 is 0 Å². The van der Waals surface area contributed by atoms with Gasteiger partial charge in [0, 0.05) is 23.8 Å². The van der Waals surface area contributed by atoms with Crippen molar-refractivity contribution in [2.75, 3.05) is 5.32 Å². The molecule has 4 heteroatoms. The Morgan fingerprint density at radius 1 is 1.14 bits per heavy atom. The summed E-state index contributed by atoms with van der Waals surface area (Å²) in [4.78, 5) is 4.47. The number of hydrogen-bond acceptors (Lipinski definition) is 2. The molecule has 0 spiro atoms. The second kappa shape index (κ2) is 6.19. The van der Waals surface area contributed by atoms with Crippen LogP contribution < -0.4 is 5.32 Å². The van der Waals surface area contributed by atoms with E-state index in [1.165, 1.54) is 11.1 Å². The molecule has 1 aromatic heterocycles. The summed E-state index contributed by atoms with van der Waals surface area (Å²) in [6, 6.07) is 14.2. The highest BCUT2D eigenvalue weighted by Crippen LogP contribution is 2.19. The van der Waals surface area contributed by atoms with Gasteiger partial charge in [-0.3, -0.25) is 0 Å². The highest BCUT2D eigenvalue weighted by Gasteiger charge is 2.03. The zero-order valence-electron chi connectivity index (χ0n) is 12.0. The molecule has 3 rings (SSSR count). The van der Waals surface area contributed by atoms with Crippen LogP contribution in [0.1, 0.15) is 18.9 Å². The monoisotopic (exact) mass is 299 g/mol. The van der Waals surface area contributed by atoms with E-state index in [0.717, 1.165) is 35.7 Å². The fraction of sp³-hybridized carbons (Fsp3) is 0.235. The first-order valence-corrected chi connectivity index (χ1v) is 7.57. The van der Waals surface area contributed by atoms with E-state index in [0.29, 0.717) is 0 Å². The smallest absolute Gasteiger partial charge is 0.0958 e. The summed E-state index contributed by atoms with van der Waals surface area (Å²) in [7, 11) is 0. The number of anilines is 1. The fourth-order valence-corrected chi connectivity index (χ4v) is 2.53. The van der Waals surface area contributed by atoms with Crippen LogP contribution in [0.5, 0.6) is 0 Å². The van der Waals surface area contributed by atoms with Gasteiger partial charge in [-0.1, -0.05) is 30.7 Å². The predicted octanol–water partition coefficient (Wildman–Crippen LogP) is 4.71. The number of fused-ring (bicyclic) bond motifs is 1. The average Bonchev–Trinajstić information content (AvgIpc) is 2.90. The molecule has 0 aliphatic carbocycles. The standard InChI is InChI=1S/C17H18ClN3/c1-2-9-21-12-20-16-10-15(7-8-17(16)21)19-11-13-3-5-14(18)6-4-13/h3-8,10,12,19H,2,9,11H2,1H3. The molecule has 0 saturated carbocycles. The maximum Gasteiger partial charge on any atom is 0.0958 e. The largest absolute Gasteiger partial charge is 0.381 e. The predicted molar refractivity (Wildman–Crippen MR) is 88.8 cm³/mol. The van der Waals surface area contributed by atoms with E-state index < -0.39 is 0 Å². The van der Waals surface area contributed by atoms with Crippen LogP contribution in [0.4, 0.5) is 5.69 Å². The molecule has 0 atom stereocenters. The Bertz CT molecular complexity index is 731. The zero-order valence-corrected chi connectivity index (χ0v) is 12.8. The fourth-order valence-electron chi connectivity index (χ4n) is 2.40. The molecular formula is C17H18ClN3. The van der Waals surface area contributed by atoms with Gasteiger partial charge in [0.2, 0.25) is 0 Å². The maximum atomic E-state index is 5.89. The highest BCUT2D eigenvalue weighted by molar-refractivity contribution is 6.30. The number of nitrogens with zero attached hydrogens (tertiary/aromatic N) is 2. The molecule has 0 unspecified atom stereocenters. The SMILES string of the molecule is CCCn1cnc2cc(NCc3ccc(Cl)cc3)ccc21. The molecule has 0 fully saturated rings. The van der Waals surface area contributed by atoms with Gasteiger partial charge in [0.25, 0.3) is 0 Å². The third-order valence-corrected chi connectivity index (χ3v) is 3.75. The van der Waals surface area contributed by atoms with Crippen molar-refractivity contribution in [2.24, 2.45) is 0 Å². The molecule has 2 aromatic carbocycles. The number of rotatable bonds is 5. The Balaban J connectivity index is 1.74. The maximum absolute atomic E-state index is 5.89. The van der Waals surface area contributed by atoms with E-state index in [1.54, 1.807) is 0 Å². The van der Waals surface area contributed by atoms with E-state index in [-0.39, 0.29) is 0 Å². The van der Waals surface area contributed by atoms with Gasteiger partial charge in [0.15, 0.2) is 0 Å². The topological polar surface area (TPSA) is 29.9 Å². The van der Waals surface area contributed by atoms with Gasteiger partial charge in [0.05, 0.1) is 17.4 Å². The Labute approximate surface area is 129 Å². The van der Waals surface area contributed by atoms with Gasteiger partial charge in [-0.15, -0.1) is 0 Å². The van der Waals surface area contributed by atoms with Gasteiger partial charge in [-0.05, 0) is 42.3 Å². The lowest BCUT2D eigenvalue weighted by Gasteiger charge is -2.07. The minimum atomic E-state index is 0.765. The van der Waals surface area contributed by atoms with Crippen molar-refractivity contribution in [3.8, 4) is 0 Å². The lowest BCUT2D eigenvalue weighted by molar-refractivity contribution is 0.697. The van der Waals surface area contributed by atoms with Crippen LogP contribution in [0.2, 0.25) is 5.02 Å². The molecule has 0 bridgehead atoms. The summed E-state index contributed by atoms with van der Waals surface area (Å²) in [5.41, 5.74) is 4.51. The molecule has 3 nitrogen and oxygen atoms in total. The third kappa shape index (κ3) is 3.19. The van der Waals surface area contributed by atoms with Crippen LogP contribution in [-0.4, -0.2) is 9.55 Å². The third-order valence-electron chi connectivity index (χ3n) is 3.50. The Kier molecular flexibility index (Phi) is 4.11. The van der Waals surface area contributed by atoms with Gasteiger partial charge in [-0.25, -0.2) is 4.98 Å². The molecule has 0 aliphatic rings. The number of aromatic nitrogens is 2. The Hall–Kier alpha value is -2.00. The van der Waals surface area contributed by atoms with Crippen LogP contribution >= 0.6 is 11.6 Å². The summed E-state index contributed by atoms with van der Waals surface area (Å²) >= 11 is 5.89. The average molecular weight is 300 g/mol. The minimum absolute atomic E-state index is 0.765. The highest BCUT2D eigenvalue weighted by atomic mass is 35.5. The Morgan fingerprint density at radius 3 is 2.71 bits per heavy atom. The van der Waals surface area contributed by atoms with Gasteiger partial charge in [-0.2, -0.15) is 0 Å². The molecule has 0 saturated heterocycles. The molecule has 21 heavy (non-hydrogen) atoms. The lowest BCUT2D eigenvalue weighted by atomic mass is 10.2. The number of benzene rings is 2. The van der Waals surface area contributed by atoms with Crippen LogP contribution in [0.3, 0.4) is 0 Å². The number of nitrogens with one attached hydrogen (secondary N) is 1. The lowest BCUT2D eigenvalue weighted by Crippen LogP contribution is -1.99. The molecule has 1 N–H and O–H groups in total. The summed E-state index contributed by atoms with van der Waals surface area (Å²) in [5, 5.41) is 4.19. The van der Waals surface area contributed by atoms with Crippen LogP contribution in [0.25, 0.3) is 11.0 Å². The molecular weight excluding hydrogens is 282 g/mol. The quantitative estimate of drug-likeness (QED) is 0.739. The summed E-state index contributed by atoms with van der Waals surface area (Å²) in [6.07, 6.45) is 3.03. The van der Waals surface area contributed by atoms with Crippen molar-refractivity contribution in [3.63, 3.8) is 0 Å². The molecule has 0 amide bonds. The van der Waals surface area contributed by atoms with Crippen molar-refractivity contribution in [1.82, 2.24) is 9.55 Å². The van der Waals surface area contributed by atoms with Crippen molar-refractivity contribution in [3.05, 3.63) is 59.4 Å². The first kappa shape index (κ1) is 14.0. The van der Waals surface area contributed by atoms with E-state index in [2.05, 4.69) is 40.0 Å². The van der Waals surface area contributed by atoms with Crippen LogP contribution in [0, 0.1) is 0 Å². The molecule has 3 aromatic rings. The van der Waals surface area contributed by atoms with E-state index >= 15 is 0 Å². The van der Waals surface area contributed by atoms with Gasteiger partial charge < -0.3 is 9.88 Å². The van der Waals surface area contributed by atoms with E-state index in [1.807, 2.05) is 30.6 Å². The molecule has 108 valence electrons. The summed E-state index contributed by atoms with van der Waals surface area (Å²) in [6.45, 7) is 3.96. The van der Waals surface area contributed by atoms with Crippen molar-refractivity contribution in [1.29, 1.82) is 0 Å². The first-order valence-electron chi connectivity index (χ1n) is 7.19. The van der Waals surface area contributed by atoms with Gasteiger partial charge in [0.1, 0.15) is 0 Å². The summed E-state index contributed by atoms with van der Waals surface area (Å²) in [5.74, 6) is 0. The molecule has 1 heterocycles. The number of hydrogen-bond donors (Lipinski definition) is 1. The second-order valence-corrected chi connectivity index (χ2v) is 5.56. The Morgan fingerprint density at radius 2 is 1.95 bits per heavy atom. The molecule has 0 radical (unpaired) electrons. The van der Waals surface area contributed by atoms with Crippen LogP contribution in [-0.2, 0) is 13.1 Å². The van der Waals surface area contributed by atoms with E-state index in [9.17, 15) is 0 Å². The normalized spacial score (nSPS) is 11.0. The van der Waals surface area contributed by atoms with Gasteiger partial charge >= 0.3 is 0 Å².